The summed E-state index contributed by atoms with van der Waals surface area (Å²) in [7, 11) is 0. The number of ether oxygens (including phenoxy) is 1. The Kier molecular flexibility index (Phi) is 5.67. The number of rotatable bonds is 8. The molecule has 1 N–H and O–H groups in total. The lowest BCUT2D eigenvalue weighted by atomic mass is 10.2. The molecule has 0 unspecified atom stereocenters. The molecule has 0 spiro atoms. The van der Waals surface area contributed by atoms with Crippen LogP contribution in [0.2, 0.25) is 0 Å². The molecule has 2 aromatic heterocycles. The van der Waals surface area contributed by atoms with Crippen molar-refractivity contribution < 1.29 is 14.6 Å². The fourth-order valence-electron chi connectivity index (χ4n) is 3.87. The van der Waals surface area contributed by atoms with E-state index in [1.807, 2.05) is 4.57 Å². The number of aromatic carboxylic acids is 1. The van der Waals surface area contributed by atoms with Crippen LogP contribution in [0.3, 0.4) is 0 Å². The molecule has 2 heterocycles. The third-order valence-corrected chi connectivity index (χ3v) is 6.46. The fraction of sp³-hybridized carbons (Fsp3) is 0.409. The molecule has 1 aromatic carbocycles. The van der Waals surface area contributed by atoms with Gasteiger partial charge in [0, 0.05) is 17.8 Å². The van der Waals surface area contributed by atoms with E-state index in [1.54, 1.807) is 23.5 Å². The van der Waals surface area contributed by atoms with Gasteiger partial charge in [0.1, 0.15) is 16.4 Å². The summed E-state index contributed by atoms with van der Waals surface area (Å²) in [5.41, 5.74) is 1.54. The van der Waals surface area contributed by atoms with E-state index >= 15 is 0 Å². The molecular formula is C22H24N2O4S. The van der Waals surface area contributed by atoms with E-state index in [0.717, 1.165) is 48.1 Å². The van der Waals surface area contributed by atoms with Gasteiger partial charge < -0.3 is 9.84 Å². The van der Waals surface area contributed by atoms with Crippen LogP contribution < -0.4 is 10.3 Å². The van der Waals surface area contributed by atoms with E-state index < -0.39 is 5.97 Å². The van der Waals surface area contributed by atoms with Gasteiger partial charge >= 0.3 is 5.97 Å². The van der Waals surface area contributed by atoms with Gasteiger partial charge in [0.2, 0.25) is 0 Å². The molecule has 0 aliphatic heterocycles. The van der Waals surface area contributed by atoms with Gasteiger partial charge in [-0.1, -0.05) is 6.92 Å². The monoisotopic (exact) mass is 412 g/mol. The maximum atomic E-state index is 13.2. The summed E-state index contributed by atoms with van der Waals surface area (Å²) in [5, 5.41) is 9.78. The third kappa shape index (κ3) is 3.92. The lowest BCUT2D eigenvalue weighted by Crippen LogP contribution is -2.26. The van der Waals surface area contributed by atoms with Crippen LogP contribution >= 0.6 is 11.3 Å². The van der Waals surface area contributed by atoms with Gasteiger partial charge in [0.25, 0.3) is 5.56 Å². The van der Waals surface area contributed by atoms with Gasteiger partial charge in [-0.05, 0) is 61.9 Å². The molecule has 6 nitrogen and oxygen atoms in total. The number of carbonyl (C=O) groups is 1. The van der Waals surface area contributed by atoms with Gasteiger partial charge in [-0.3, -0.25) is 9.36 Å². The van der Waals surface area contributed by atoms with Crippen molar-refractivity contribution in [2.24, 2.45) is 0 Å². The molecular weight excluding hydrogens is 388 g/mol. The van der Waals surface area contributed by atoms with E-state index in [9.17, 15) is 9.59 Å². The Morgan fingerprint density at radius 2 is 2.07 bits per heavy atom. The number of carboxylic acid groups (broad SMARTS) is 1. The second kappa shape index (κ2) is 8.37. The zero-order valence-corrected chi connectivity index (χ0v) is 17.3. The largest absolute Gasteiger partial charge is 0.494 e. The van der Waals surface area contributed by atoms with Gasteiger partial charge in [-0.25, -0.2) is 9.78 Å². The molecule has 0 fully saturated rings. The Bertz CT molecular complexity index is 1100. The number of aromatic nitrogens is 2. The number of hydrogen-bond donors (Lipinski definition) is 1. The predicted octanol–water partition coefficient (Wildman–Crippen LogP) is 4.07. The Labute approximate surface area is 172 Å². The van der Waals surface area contributed by atoms with Gasteiger partial charge in [-0.15, -0.1) is 11.3 Å². The minimum absolute atomic E-state index is 0.0867. The first-order valence-corrected chi connectivity index (χ1v) is 10.9. The van der Waals surface area contributed by atoms with Crippen molar-refractivity contribution in [3.05, 3.63) is 56.4 Å². The van der Waals surface area contributed by atoms with E-state index in [-0.39, 0.29) is 11.1 Å². The molecule has 29 heavy (non-hydrogen) atoms. The molecule has 0 saturated carbocycles. The SMILES string of the molecule is CCCc1nc2sc3c(c2c(=O)n1CCCOc1ccc(C(=O)O)cc1)CCC3. The van der Waals surface area contributed by atoms with Crippen LogP contribution in [0.1, 0.15) is 52.8 Å². The first kappa shape index (κ1) is 19.6. The highest BCUT2D eigenvalue weighted by Crippen LogP contribution is 2.34. The van der Waals surface area contributed by atoms with Crippen LogP contribution in [0.5, 0.6) is 5.75 Å². The molecule has 7 heteroatoms. The molecule has 0 radical (unpaired) electrons. The summed E-state index contributed by atoms with van der Waals surface area (Å²) in [6.07, 6.45) is 5.57. The van der Waals surface area contributed by atoms with Crippen molar-refractivity contribution in [1.29, 1.82) is 0 Å². The molecule has 0 atom stereocenters. The topological polar surface area (TPSA) is 81.4 Å². The normalized spacial score (nSPS) is 13.0. The Morgan fingerprint density at radius 1 is 1.28 bits per heavy atom. The van der Waals surface area contributed by atoms with Crippen molar-refractivity contribution in [3.8, 4) is 5.75 Å². The summed E-state index contributed by atoms with van der Waals surface area (Å²) in [4.78, 5) is 31.2. The van der Waals surface area contributed by atoms with Crippen LogP contribution in [0.15, 0.2) is 29.1 Å². The summed E-state index contributed by atoms with van der Waals surface area (Å²) < 4.78 is 7.55. The molecule has 4 rings (SSSR count). The van der Waals surface area contributed by atoms with E-state index in [2.05, 4.69) is 6.92 Å². The number of aryl methyl sites for hydroxylation is 3. The molecule has 0 amide bonds. The standard InChI is InChI=1S/C22H24N2O4S/c1-2-5-18-23-20-19(16-6-3-7-17(16)29-20)21(25)24(18)12-4-13-28-15-10-8-14(9-11-15)22(26)27/h8-11H,2-7,12-13H2,1H3,(H,26,27). The number of carboxylic acids is 1. The summed E-state index contributed by atoms with van der Waals surface area (Å²) >= 11 is 1.69. The highest BCUT2D eigenvalue weighted by molar-refractivity contribution is 7.18. The van der Waals surface area contributed by atoms with E-state index in [4.69, 9.17) is 14.8 Å². The number of hydrogen-bond acceptors (Lipinski definition) is 5. The fourth-order valence-corrected chi connectivity index (χ4v) is 5.14. The number of thiophene rings is 1. The lowest BCUT2D eigenvalue weighted by Gasteiger charge is -2.13. The highest BCUT2D eigenvalue weighted by atomic mass is 32.1. The minimum Gasteiger partial charge on any atom is -0.494 e. The quantitative estimate of drug-likeness (QED) is 0.564. The van der Waals surface area contributed by atoms with E-state index in [1.165, 1.54) is 22.6 Å². The first-order chi connectivity index (χ1) is 14.1. The maximum absolute atomic E-state index is 13.2. The zero-order valence-electron chi connectivity index (χ0n) is 16.4. The van der Waals surface area contributed by atoms with Gasteiger partial charge in [-0.2, -0.15) is 0 Å². The van der Waals surface area contributed by atoms with Crippen molar-refractivity contribution in [1.82, 2.24) is 9.55 Å². The van der Waals surface area contributed by atoms with Gasteiger partial charge in [0.05, 0.1) is 17.6 Å². The first-order valence-electron chi connectivity index (χ1n) is 10.1. The molecule has 1 aliphatic carbocycles. The van der Waals surface area contributed by atoms with Crippen molar-refractivity contribution in [3.63, 3.8) is 0 Å². The van der Waals surface area contributed by atoms with Crippen LogP contribution in [0.4, 0.5) is 0 Å². The molecule has 0 saturated heterocycles. The molecule has 3 aromatic rings. The van der Waals surface area contributed by atoms with Crippen LogP contribution in [0.25, 0.3) is 10.2 Å². The Morgan fingerprint density at radius 3 is 2.79 bits per heavy atom. The summed E-state index contributed by atoms with van der Waals surface area (Å²) in [5.74, 6) is 0.526. The third-order valence-electron chi connectivity index (χ3n) is 5.27. The van der Waals surface area contributed by atoms with Crippen molar-refractivity contribution in [2.45, 2.75) is 52.0 Å². The van der Waals surface area contributed by atoms with Crippen LogP contribution in [-0.2, 0) is 25.8 Å². The Balaban J connectivity index is 1.49. The van der Waals surface area contributed by atoms with Gasteiger partial charge in [0.15, 0.2) is 0 Å². The van der Waals surface area contributed by atoms with Crippen molar-refractivity contribution in [2.75, 3.05) is 6.61 Å². The average molecular weight is 413 g/mol. The highest BCUT2D eigenvalue weighted by Gasteiger charge is 2.22. The smallest absolute Gasteiger partial charge is 0.335 e. The lowest BCUT2D eigenvalue weighted by molar-refractivity contribution is 0.0697. The second-order valence-corrected chi connectivity index (χ2v) is 8.39. The molecule has 152 valence electrons. The average Bonchev–Trinajstić information content (AvgIpc) is 3.28. The summed E-state index contributed by atoms with van der Waals surface area (Å²) in [6, 6.07) is 6.35. The maximum Gasteiger partial charge on any atom is 0.335 e. The van der Waals surface area contributed by atoms with E-state index in [0.29, 0.717) is 25.3 Å². The minimum atomic E-state index is -0.956. The number of fused-ring (bicyclic) bond motifs is 3. The molecule has 1 aliphatic rings. The second-order valence-electron chi connectivity index (χ2n) is 7.30. The number of nitrogens with zero attached hydrogens (tertiary/aromatic N) is 2. The number of benzene rings is 1. The van der Waals surface area contributed by atoms with Crippen LogP contribution in [0, 0.1) is 0 Å². The van der Waals surface area contributed by atoms with Crippen LogP contribution in [-0.4, -0.2) is 27.2 Å². The summed E-state index contributed by atoms with van der Waals surface area (Å²) in [6.45, 7) is 3.11. The zero-order chi connectivity index (χ0) is 20.4. The van der Waals surface area contributed by atoms with Crippen molar-refractivity contribution >= 4 is 27.5 Å². The molecule has 0 bridgehead atoms. The predicted molar refractivity (Wildman–Crippen MR) is 113 cm³/mol. The Hall–Kier alpha value is -2.67.